The number of aromatic amines is 1. The summed E-state index contributed by atoms with van der Waals surface area (Å²) in [5.41, 5.74) is 1.76. The number of rotatable bonds is 1. The summed E-state index contributed by atoms with van der Waals surface area (Å²) < 4.78 is 11.5. The third-order valence-electron chi connectivity index (χ3n) is 4.59. The van der Waals surface area contributed by atoms with Crippen molar-refractivity contribution in [2.75, 3.05) is 26.3 Å². The summed E-state index contributed by atoms with van der Waals surface area (Å²) in [4.78, 5) is 17.6. The maximum atomic E-state index is 12.6. The van der Waals surface area contributed by atoms with E-state index in [0.717, 1.165) is 16.5 Å². The summed E-state index contributed by atoms with van der Waals surface area (Å²) in [6.07, 6.45) is 1.88. The molecule has 116 valence electrons. The molecule has 22 heavy (non-hydrogen) atoms. The molecular formula is C17H20N2O3. The molecule has 2 aliphatic rings. The molecule has 2 saturated heterocycles. The van der Waals surface area contributed by atoms with E-state index in [1.165, 1.54) is 0 Å². The van der Waals surface area contributed by atoms with Crippen LogP contribution in [0.4, 0.5) is 0 Å². The van der Waals surface area contributed by atoms with Gasteiger partial charge in [0.1, 0.15) is 0 Å². The van der Waals surface area contributed by atoms with Crippen molar-refractivity contribution in [2.45, 2.75) is 19.6 Å². The molecule has 0 aliphatic carbocycles. The van der Waals surface area contributed by atoms with Crippen molar-refractivity contribution in [2.24, 2.45) is 5.41 Å². The number of hydrogen-bond acceptors (Lipinski definition) is 3. The minimum absolute atomic E-state index is 0.0244. The maximum absolute atomic E-state index is 12.6. The third kappa shape index (κ3) is 2.21. The van der Waals surface area contributed by atoms with Crippen molar-refractivity contribution >= 4 is 16.8 Å². The normalized spacial score (nSPS) is 22.7. The van der Waals surface area contributed by atoms with Crippen LogP contribution in [0.2, 0.25) is 0 Å². The van der Waals surface area contributed by atoms with Crippen molar-refractivity contribution in [1.82, 2.24) is 9.88 Å². The quantitative estimate of drug-likeness (QED) is 0.880. The Labute approximate surface area is 129 Å². The molecule has 2 aliphatic heterocycles. The topological polar surface area (TPSA) is 54.6 Å². The first kappa shape index (κ1) is 13.8. The lowest BCUT2D eigenvalue weighted by atomic mass is 9.80. The van der Waals surface area contributed by atoms with E-state index < -0.39 is 5.79 Å². The number of benzene rings is 1. The molecular weight excluding hydrogens is 280 g/mol. The predicted molar refractivity (Wildman–Crippen MR) is 82.6 cm³/mol. The van der Waals surface area contributed by atoms with Crippen molar-refractivity contribution in [1.29, 1.82) is 0 Å². The number of carbonyl (C=O) groups excluding carboxylic acids is 1. The number of H-pyrrole nitrogens is 1. The van der Waals surface area contributed by atoms with E-state index in [2.05, 4.69) is 4.98 Å². The maximum Gasteiger partial charge on any atom is 0.253 e. The second-order valence-corrected chi connectivity index (χ2v) is 6.92. The molecule has 1 aromatic heterocycles. The van der Waals surface area contributed by atoms with Crippen LogP contribution in [0, 0.1) is 5.41 Å². The number of aromatic nitrogens is 1. The summed E-state index contributed by atoms with van der Waals surface area (Å²) in [7, 11) is 0. The number of likely N-dealkylation sites (tertiary alicyclic amines) is 1. The number of nitrogens with zero attached hydrogens (tertiary/aromatic N) is 1. The molecule has 5 heteroatoms. The van der Waals surface area contributed by atoms with E-state index in [4.69, 9.17) is 9.47 Å². The van der Waals surface area contributed by atoms with Gasteiger partial charge >= 0.3 is 0 Å². The number of ether oxygens (including phenoxy) is 2. The van der Waals surface area contributed by atoms with Crippen LogP contribution in [0.5, 0.6) is 0 Å². The van der Waals surface area contributed by atoms with Crippen LogP contribution >= 0.6 is 0 Å². The summed E-state index contributed by atoms with van der Waals surface area (Å²) in [6.45, 7) is 6.56. The lowest BCUT2D eigenvalue weighted by Gasteiger charge is -2.54. The first-order valence-corrected chi connectivity index (χ1v) is 7.61. The van der Waals surface area contributed by atoms with E-state index >= 15 is 0 Å². The Balaban J connectivity index is 1.45. The smallest absolute Gasteiger partial charge is 0.253 e. The average Bonchev–Trinajstić information content (AvgIpc) is 2.92. The number of amides is 1. The molecule has 2 aromatic rings. The Hall–Kier alpha value is -1.85. The van der Waals surface area contributed by atoms with Crippen LogP contribution in [0.3, 0.4) is 0 Å². The summed E-state index contributed by atoms with van der Waals surface area (Å²) in [5.74, 6) is -0.423. The summed E-state index contributed by atoms with van der Waals surface area (Å²) >= 11 is 0. The Bertz CT molecular complexity index is 716. The van der Waals surface area contributed by atoms with Crippen LogP contribution in [-0.2, 0) is 9.47 Å². The predicted octanol–water partition coefficient (Wildman–Crippen LogP) is 2.39. The Kier molecular flexibility index (Phi) is 2.86. The zero-order valence-electron chi connectivity index (χ0n) is 12.9. The van der Waals surface area contributed by atoms with Gasteiger partial charge in [0, 0.05) is 35.8 Å². The van der Waals surface area contributed by atoms with Crippen LogP contribution < -0.4 is 0 Å². The van der Waals surface area contributed by atoms with Gasteiger partial charge in [-0.2, -0.15) is 0 Å². The van der Waals surface area contributed by atoms with Gasteiger partial charge < -0.3 is 19.4 Å². The first-order valence-electron chi connectivity index (χ1n) is 7.61. The fraction of sp³-hybridized carbons (Fsp3) is 0.471. The van der Waals surface area contributed by atoms with Gasteiger partial charge in [0.15, 0.2) is 5.79 Å². The molecule has 4 rings (SSSR count). The van der Waals surface area contributed by atoms with E-state index in [0.29, 0.717) is 26.3 Å². The van der Waals surface area contributed by atoms with Crippen molar-refractivity contribution in [3.05, 3.63) is 36.0 Å². The minimum atomic E-state index is -0.505. The van der Waals surface area contributed by atoms with Crippen LogP contribution in [0.25, 0.3) is 10.9 Å². The first-order chi connectivity index (χ1) is 10.5. The molecule has 0 unspecified atom stereocenters. The highest BCUT2D eigenvalue weighted by molar-refractivity contribution is 5.98. The molecule has 0 radical (unpaired) electrons. The fourth-order valence-electron chi connectivity index (χ4n) is 3.20. The molecule has 0 saturated carbocycles. The second kappa shape index (κ2) is 4.57. The van der Waals surface area contributed by atoms with Gasteiger partial charge in [-0.3, -0.25) is 4.79 Å². The number of hydrogen-bond donors (Lipinski definition) is 1. The largest absolute Gasteiger partial charge is 0.361 e. The molecule has 1 spiro atoms. The second-order valence-electron chi connectivity index (χ2n) is 6.92. The lowest BCUT2D eigenvalue weighted by molar-refractivity contribution is -0.301. The fourth-order valence-corrected chi connectivity index (χ4v) is 3.20. The Morgan fingerprint density at radius 2 is 1.91 bits per heavy atom. The highest BCUT2D eigenvalue weighted by atomic mass is 16.7. The Morgan fingerprint density at radius 3 is 2.64 bits per heavy atom. The minimum Gasteiger partial charge on any atom is -0.361 e. The zero-order valence-corrected chi connectivity index (χ0v) is 12.9. The van der Waals surface area contributed by atoms with E-state index in [9.17, 15) is 4.79 Å². The number of carbonyl (C=O) groups is 1. The lowest BCUT2D eigenvalue weighted by Crippen LogP contribution is -2.65. The van der Waals surface area contributed by atoms with Gasteiger partial charge in [-0.15, -0.1) is 0 Å². The monoisotopic (exact) mass is 300 g/mol. The standard InChI is InChI=1S/C17H20N2O3/c1-16(2)21-10-17(11-22-16)8-19(9-17)15(20)13-3-4-14-12(7-13)5-6-18-14/h3-7,18H,8-11H2,1-2H3. The molecule has 1 aromatic carbocycles. The van der Waals surface area contributed by atoms with Gasteiger partial charge in [0.25, 0.3) is 5.91 Å². The SMILES string of the molecule is CC1(C)OCC2(CO1)CN(C(=O)c1ccc3[nH]ccc3c1)C2. The van der Waals surface area contributed by atoms with Crippen LogP contribution in [0.1, 0.15) is 24.2 Å². The van der Waals surface area contributed by atoms with Gasteiger partial charge in [0.2, 0.25) is 0 Å². The van der Waals surface area contributed by atoms with Crippen LogP contribution in [-0.4, -0.2) is 47.9 Å². The number of nitrogens with one attached hydrogen (secondary N) is 1. The van der Waals surface area contributed by atoms with E-state index in [1.54, 1.807) is 0 Å². The Morgan fingerprint density at radius 1 is 1.18 bits per heavy atom. The highest BCUT2D eigenvalue weighted by Crippen LogP contribution is 2.38. The summed E-state index contributed by atoms with van der Waals surface area (Å²) in [6, 6.07) is 7.75. The molecule has 5 nitrogen and oxygen atoms in total. The van der Waals surface area contributed by atoms with Crippen molar-refractivity contribution < 1.29 is 14.3 Å². The molecule has 1 amide bonds. The van der Waals surface area contributed by atoms with Crippen molar-refractivity contribution in [3.8, 4) is 0 Å². The summed E-state index contributed by atoms with van der Waals surface area (Å²) in [5, 5.41) is 1.06. The van der Waals surface area contributed by atoms with Gasteiger partial charge in [0.05, 0.1) is 18.6 Å². The molecule has 0 atom stereocenters. The van der Waals surface area contributed by atoms with Crippen LogP contribution in [0.15, 0.2) is 30.5 Å². The van der Waals surface area contributed by atoms with Crippen molar-refractivity contribution in [3.63, 3.8) is 0 Å². The zero-order chi connectivity index (χ0) is 15.4. The number of fused-ring (bicyclic) bond motifs is 1. The molecule has 1 N–H and O–H groups in total. The molecule has 0 bridgehead atoms. The van der Waals surface area contributed by atoms with E-state index in [1.807, 2.05) is 49.2 Å². The van der Waals surface area contributed by atoms with Gasteiger partial charge in [-0.05, 0) is 38.1 Å². The van der Waals surface area contributed by atoms with Gasteiger partial charge in [-0.1, -0.05) is 0 Å². The highest BCUT2D eigenvalue weighted by Gasteiger charge is 2.50. The molecule has 3 heterocycles. The molecule has 2 fully saturated rings. The van der Waals surface area contributed by atoms with E-state index in [-0.39, 0.29) is 11.3 Å². The van der Waals surface area contributed by atoms with Gasteiger partial charge in [-0.25, -0.2) is 0 Å². The third-order valence-corrected chi connectivity index (χ3v) is 4.59. The average molecular weight is 300 g/mol.